The van der Waals surface area contributed by atoms with Gasteiger partial charge in [-0.15, -0.1) is 11.3 Å². The average molecular weight is 758 g/mol. The van der Waals surface area contributed by atoms with E-state index in [1.54, 1.807) is 0 Å². The molecule has 0 aliphatic heterocycles. The zero-order chi connectivity index (χ0) is 37.6. The molecule has 0 bridgehead atoms. The molecule has 0 spiro atoms. The topological polar surface area (TPSA) is 57.0 Å². The van der Waals surface area contributed by atoms with E-state index in [2.05, 4.69) is 150 Å². The van der Waals surface area contributed by atoms with Gasteiger partial charge >= 0.3 is 0 Å². The highest BCUT2D eigenvalue weighted by molar-refractivity contribution is 7.27. The van der Waals surface area contributed by atoms with Crippen molar-refractivity contribution in [2.24, 2.45) is 0 Å². The molecule has 5 heterocycles. The summed E-state index contributed by atoms with van der Waals surface area (Å²) >= 11 is 1.83. The minimum Gasteiger partial charge on any atom is -0.455 e. The third-order valence-corrected chi connectivity index (χ3v) is 13.4. The average Bonchev–Trinajstić information content (AvgIpc) is 4.05. The van der Waals surface area contributed by atoms with Gasteiger partial charge in [0.05, 0.1) is 26.8 Å². The van der Waals surface area contributed by atoms with E-state index in [4.69, 9.17) is 18.8 Å². The lowest BCUT2D eigenvalue weighted by molar-refractivity contribution is 0.651. The maximum absolute atomic E-state index is 6.85. The van der Waals surface area contributed by atoms with Crippen molar-refractivity contribution >= 4 is 130 Å². The van der Waals surface area contributed by atoms with Crippen LogP contribution in [-0.4, -0.2) is 14.5 Å². The molecule has 5 nitrogen and oxygen atoms in total. The van der Waals surface area contributed by atoms with Gasteiger partial charge in [-0.3, -0.25) is 4.57 Å². The number of hydrogen-bond acceptors (Lipinski definition) is 5. The fraction of sp³-hybridized carbons (Fsp3) is 0. The Labute approximate surface area is 332 Å². The van der Waals surface area contributed by atoms with Gasteiger partial charge in [-0.05, 0) is 62.6 Å². The van der Waals surface area contributed by atoms with Crippen LogP contribution in [0.1, 0.15) is 0 Å². The summed E-state index contributed by atoms with van der Waals surface area (Å²) in [5.41, 5.74) is 6.72. The van der Waals surface area contributed by atoms with Crippen molar-refractivity contribution in [3.8, 4) is 17.2 Å². The molecule has 14 rings (SSSR count). The summed E-state index contributed by atoms with van der Waals surface area (Å²) in [6, 6.07) is 58.0. The monoisotopic (exact) mass is 757 g/mol. The number of fused-ring (bicyclic) bond motifs is 20. The fourth-order valence-corrected chi connectivity index (χ4v) is 11.1. The smallest absolute Gasteiger partial charge is 0.238 e. The van der Waals surface area contributed by atoms with Crippen LogP contribution in [0.4, 0.5) is 0 Å². The molecule has 14 aromatic rings. The van der Waals surface area contributed by atoms with E-state index in [-0.39, 0.29) is 0 Å². The molecule has 0 N–H and O–H groups in total. The molecule has 0 unspecified atom stereocenters. The number of benzene rings is 9. The number of para-hydroxylation sites is 2. The third kappa shape index (κ3) is 3.89. The van der Waals surface area contributed by atoms with Gasteiger partial charge in [0.1, 0.15) is 16.7 Å². The summed E-state index contributed by atoms with van der Waals surface area (Å²) in [5, 5.41) is 16.0. The Balaban J connectivity index is 1.20. The molecular formula is C52H27N3O2S. The van der Waals surface area contributed by atoms with Gasteiger partial charge in [0.15, 0.2) is 0 Å². The van der Waals surface area contributed by atoms with Crippen LogP contribution in [0.3, 0.4) is 0 Å². The summed E-state index contributed by atoms with van der Waals surface area (Å²) in [6.07, 6.45) is 0. The van der Waals surface area contributed by atoms with Gasteiger partial charge in [-0.1, -0.05) is 133 Å². The van der Waals surface area contributed by atoms with Crippen molar-refractivity contribution in [2.45, 2.75) is 0 Å². The molecule has 0 atom stereocenters. The van der Waals surface area contributed by atoms with Crippen LogP contribution in [-0.2, 0) is 0 Å². The van der Waals surface area contributed by atoms with Gasteiger partial charge < -0.3 is 8.83 Å². The highest BCUT2D eigenvalue weighted by Gasteiger charge is 2.27. The molecule has 0 fully saturated rings. The quantitative estimate of drug-likeness (QED) is 0.176. The Kier molecular flexibility index (Phi) is 5.85. The zero-order valence-corrected chi connectivity index (χ0v) is 31.5. The van der Waals surface area contributed by atoms with Crippen molar-refractivity contribution in [3.63, 3.8) is 0 Å². The second-order valence-corrected chi connectivity index (χ2v) is 16.2. The van der Waals surface area contributed by atoms with Crippen molar-refractivity contribution in [2.75, 3.05) is 0 Å². The van der Waals surface area contributed by atoms with Crippen molar-refractivity contribution in [3.05, 3.63) is 164 Å². The molecule has 0 amide bonds. The van der Waals surface area contributed by atoms with Crippen LogP contribution < -0.4 is 0 Å². The largest absolute Gasteiger partial charge is 0.455 e. The van der Waals surface area contributed by atoms with Gasteiger partial charge in [0.25, 0.3) is 0 Å². The predicted molar refractivity (Wildman–Crippen MR) is 242 cm³/mol. The molecule has 268 valence electrons. The van der Waals surface area contributed by atoms with Gasteiger partial charge in [-0.2, -0.15) is 4.98 Å². The maximum atomic E-state index is 6.85. The Hall–Kier alpha value is -7.54. The van der Waals surface area contributed by atoms with Crippen molar-refractivity contribution in [1.29, 1.82) is 0 Å². The highest BCUT2D eigenvalue weighted by atomic mass is 32.1. The first-order chi connectivity index (χ1) is 28.8. The number of furan rings is 2. The van der Waals surface area contributed by atoms with E-state index < -0.39 is 0 Å². The lowest BCUT2D eigenvalue weighted by Crippen LogP contribution is -2.03. The van der Waals surface area contributed by atoms with E-state index >= 15 is 0 Å². The molecule has 0 aliphatic rings. The molecule has 0 aliphatic carbocycles. The van der Waals surface area contributed by atoms with Crippen molar-refractivity contribution < 1.29 is 8.83 Å². The van der Waals surface area contributed by atoms with Gasteiger partial charge in [-0.25, -0.2) is 4.98 Å². The van der Waals surface area contributed by atoms with E-state index in [9.17, 15) is 0 Å². The first-order valence-electron chi connectivity index (χ1n) is 19.5. The lowest BCUT2D eigenvalue weighted by atomic mass is 9.97. The normalized spacial score (nSPS) is 12.5. The highest BCUT2D eigenvalue weighted by Crippen LogP contribution is 2.50. The van der Waals surface area contributed by atoms with Crippen LogP contribution in [0, 0.1) is 0 Å². The van der Waals surface area contributed by atoms with E-state index in [1.807, 2.05) is 29.5 Å². The molecule has 0 saturated heterocycles. The minimum atomic E-state index is 0.531. The molecule has 9 aromatic carbocycles. The molecule has 58 heavy (non-hydrogen) atoms. The summed E-state index contributed by atoms with van der Waals surface area (Å²) < 4.78 is 18.3. The standard InChI is InChI=1S/C52H27N3O2S/c1-3-14-30-29(13-1)25-27-40-42(30)36-20-11-21-37(49(36)56-40)47-46-34-18-7-9-22-39(34)57-51(46)54-52(53-47)55-38-26-24-28-12-2-4-15-31(28)44(38)45-33-17-6-5-16-32(33)43-35-19-8-10-23-41(35)58-50(43)48(45)55/h1-27H. The molecule has 0 radical (unpaired) electrons. The number of rotatable bonds is 2. The minimum absolute atomic E-state index is 0.531. The van der Waals surface area contributed by atoms with Crippen molar-refractivity contribution in [1.82, 2.24) is 14.5 Å². The molecule has 0 saturated carbocycles. The van der Waals surface area contributed by atoms with E-state index in [0.29, 0.717) is 11.7 Å². The molecular weight excluding hydrogens is 731 g/mol. The first kappa shape index (κ1) is 30.7. The fourth-order valence-electron chi connectivity index (χ4n) is 9.80. The van der Waals surface area contributed by atoms with Gasteiger partial charge in [0, 0.05) is 48.0 Å². The van der Waals surface area contributed by atoms with Crippen LogP contribution in [0.5, 0.6) is 0 Å². The van der Waals surface area contributed by atoms with Crippen LogP contribution in [0.15, 0.2) is 173 Å². The number of nitrogens with zero attached hydrogens (tertiary/aromatic N) is 3. The van der Waals surface area contributed by atoms with Crippen LogP contribution in [0.25, 0.3) is 136 Å². The van der Waals surface area contributed by atoms with E-state index in [0.717, 1.165) is 66.0 Å². The second kappa shape index (κ2) is 11.1. The van der Waals surface area contributed by atoms with E-state index in [1.165, 1.54) is 57.9 Å². The number of hydrogen-bond donors (Lipinski definition) is 0. The summed E-state index contributed by atoms with van der Waals surface area (Å²) in [6.45, 7) is 0. The Morgan fingerprint density at radius 3 is 1.91 bits per heavy atom. The van der Waals surface area contributed by atoms with Crippen LogP contribution in [0.2, 0.25) is 0 Å². The Morgan fingerprint density at radius 1 is 0.431 bits per heavy atom. The molecule has 6 heteroatoms. The lowest BCUT2D eigenvalue weighted by Gasteiger charge is -2.11. The third-order valence-electron chi connectivity index (χ3n) is 12.2. The zero-order valence-electron chi connectivity index (χ0n) is 30.7. The Morgan fingerprint density at radius 2 is 1.09 bits per heavy atom. The van der Waals surface area contributed by atoms with Gasteiger partial charge in [0.2, 0.25) is 11.7 Å². The molecule has 5 aromatic heterocycles. The summed E-state index contributed by atoms with van der Waals surface area (Å²) in [7, 11) is 0. The number of thiophene rings is 1. The number of aromatic nitrogens is 3. The van der Waals surface area contributed by atoms with Crippen LogP contribution >= 0.6 is 11.3 Å². The Bertz CT molecular complexity index is 4110. The SMILES string of the molecule is c1ccc2c(c1)ccc1oc3c(-c4nc(-n5c6ccc7ccccc7c6c6c7ccccc7c7c8ccccc8sc7c65)nc5oc6ccccc6c45)cccc3c12. The summed E-state index contributed by atoms with van der Waals surface area (Å²) in [5.74, 6) is 0.546. The predicted octanol–water partition coefficient (Wildman–Crippen LogP) is 14.9. The maximum Gasteiger partial charge on any atom is 0.238 e. The first-order valence-corrected chi connectivity index (χ1v) is 20.3. The second-order valence-electron chi connectivity index (χ2n) is 15.2. The summed E-state index contributed by atoms with van der Waals surface area (Å²) in [4.78, 5) is 11.1.